The lowest BCUT2D eigenvalue weighted by Gasteiger charge is -2.27. The van der Waals surface area contributed by atoms with Gasteiger partial charge in [-0.2, -0.15) is 0 Å². The van der Waals surface area contributed by atoms with Crippen molar-refractivity contribution in [3.05, 3.63) is 35.4 Å². The molecule has 0 aliphatic heterocycles. The molecule has 1 fully saturated rings. The van der Waals surface area contributed by atoms with Gasteiger partial charge in [0.25, 0.3) is 0 Å². The molecule has 1 aromatic rings. The fourth-order valence-corrected chi connectivity index (χ4v) is 2.70. The highest BCUT2D eigenvalue weighted by molar-refractivity contribution is 5.28. The van der Waals surface area contributed by atoms with Crippen molar-refractivity contribution >= 4 is 0 Å². The Morgan fingerprint density at radius 1 is 1.25 bits per heavy atom. The van der Waals surface area contributed by atoms with E-state index in [0.717, 1.165) is 0 Å². The van der Waals surface area contributed by atoms with Gasteiger partial charge >= 0.3 is 0 Å². The molecule has 0 aromatic heterocycles. The topological polar surface area (TPSA) is 26.0 Å². The van der Waals surface area contributed by atoms with E-state index in [9.17, 15) is 0 Å². The van der Waals surface area contributed by atoms with Crippen molar-refractivity contribution in [2.75, 3.05) is 0 Å². The Kier molecular flexibility index (Phi) is 3.65. The standard InChI is InChI=1S/C15H23N/c1-11(2)12-5-3-6-13(9-12)14-7-4-8-15(16)10-14/h3,5-6,9,11,14-15H,4,7-8,10,16H2,1-2H3. The molecule has 1 heteroatoms. The third-order valence-corrected chi connectivity index (χ3v) is 3.76. The van der Waals surface area contributed by atoms with E-state index >= 15 is 0 Å². The number of hydrogen-bond acceptors (Lipinski definition) is 1. The molecule has 2 N–H and O–H groups in total. The zero-order valence-corrected chi connectivity index (χ0v) is 10.4. The predicted octanol–water partition coefficient (Wildman–Crippen LogP) is 3.79. The largest absolute Gasteiger partial charge is 0.328 e. The molecule has 2 rings (SSSR count). The SMILES string of the molecule is CC(C)c1cccc(C2CCCC(N)C2)c1. The first-order valence-corrected chi connectivity index (χ1v) is 6.52. The van der Waals surface area contributed by atoms with E-state index in [-0.39, 0.29) is 0 Å². The average molecular weight is 217 g/mol. The maximum Gasteiger partial charge on any atom is 0.00446 e. The van der Waals surface area contributed by atoms with Crippen LogP contribution in [0.1, 0.15) is 62.5 Å². The predicted molar refractivity (Wildman–Crippen MR) is 69.7 cm³/mol. The molecule has 1 nitrogen and oxygen atoms in total. The number of nitrogens with two attached hydrogens (primary N) is 1. The molecule has 2 unspecified atom stereocenters. The van der Waals surface area contributed by atoms with Gasteiger partial charge in [0.05, 0.1) is 0 Å². The van der Waals surface area contributed by atoms with Crippen LogP contribution in [0.5, 0.6) is 0 Å². The normalized spacial score (nSPS) is 26.0. The van der Waals surface area contributed by atoms with Gasteiger partial charge in [-0.25, -0.2) is 0 Å². The quantitative estimate of drug-likeness (QED) is 0.801. The van der Waals surface area contributed by atoms with Crippen LogP contribution in [-0.4, -0.2) is 6.04 Å². The summed E-state index contributed by atoms with van der Waals surface area (Å²) in [6.07, 6.45) is 4.98. The van der Waals surface area contributed by atoms with E-state index in [0.29, 0.717) is 17.9 Å². The monoisotopic (exact) mass is 217 g/mol. The summed E-state index contributed by atoms with van der Waals surface area (Å²) in [5.41, 5.74) is 9.02. The first-order valence-electron chi connectivity index (χ1n) is 6.52. The van der Waals surface area contributed by atoms with E-state index < -0.39 is 0 Å². The van der Waals surface area contributed by atoms with Gasteiger partial charge in [-0.3, -0.25) is 0 Å². The molecule has 1 aliphatic carbocycles. The summed E-state index contributed by atoms with van der Waals surface area (Å²) in [6.45, 7) is 4.51. The van der Waals surface area contributed by atoms with Crippen molar-refractivity contribution in [2.24, 2.45) is 5.73 Å². The zero-order chi connectivity index (χ0) is 11.5. The van der Waals surface area contributed by atoms with Crippen LogP contribution >= 0.6 is 0 Å². The first kappa shape index (κ1) is 11.7. The summed E-state index contributed by atoms with van der Waals surface area (Å²) in [5.74, 6) is 1.32. The Bertz CT molecular complexity index is 343. The van der Waals surface area contributed by atoms with Gasteiger partial charge in [0.1, 0.15) is 0 Å². The molecule has 16 heavy (non-hydrogen) atoms. The maximum absolute atomic E-state index is 6.06. The van der Waals surface area contributed by atoms with E-state index in [4.69, 9.17) is 5.73 Å². The van der Waals surface area contributed by atoms with Crippen LogP contribution < -0.4 is 5.73 Å². The minimum absolute atomic E-state index is 0.418. The summed E-state index contributed by atoms with van der Waals surface area (Å²) >= 11 is 0. The van der Waals surface area contributed by atoms with Crippen molar-refractivity contribution in [2.45, 2.75) is 57.4 Å². The molecule has 2 atom stereocenters. The molecular formula is C15H23N. The van der Waals surface area contributed by atoms with E-state index in [1.807, 2.05) is 0 Å². The molecule has 0 radical (unpaired) electrons. The molecule has 88 valence electrons. The van der Waals surface area contributed by atoms with Crippen LogP contribution in [0.2, 0.25) is 0 Å². The summed E-state index contributed by atoms with van der Waals surface area (Å²) in [7, 11) is 0. The Balaban J connectivity index is 2.16. The van der Waals surface area contributed by atoms with Crippen LogP contribution in [0, 0.1) is 0 Å². The molecule has 0 spiro atoms. The lowest BCUT2D eigenvalue weighted by atomic mass is 9.81. The third kappa shape index (κ3) is 2.65. The highest BCUT2D eigenvalue weighted by atomic mass is 14.6. The highest BCUT2D eigenvalue weighted by Gasteiger charge is 2.20. The Morgan fingerprint density at radius 2 is 2.06 bits per heavy atom. The van der Waals surface area contributed by atoms with Crippen LogP contribution in [0.4, 0.5) is 0 Å². The number of benzene rings is 1. The van der Waals surface area contributed by atoms with Crippen molar-refractivity contribution in [3.8, 4) is 0 Å². The fourth-order valence-electron chi connectivity index (χ4n) is 2.70. The van der Waals surface area contributed by atoms with Crippen LogP contribution in [0.25, 0.3) is 0 Å². The van der Waals surface area contributed by atoms with Crippen molar-refractivity contribution in [3.63, 3.8) is 0 Å². The smallest absolute Gasteiger partial charge is 0.00446 e. The molecule has 0 heterocycles. The highest BCUT2D eigenvalue weighted by Crippen LogP contribution is 2.33. The minimum atomic E-state index is 0.418. The summed E-state index contributed by atoms with van der Waals surface area (Å²) in [5, 5.41) is 0. The van der Waals surface area contributed by atoms with Gasteiger partial charge < -0.3 is 5.73 Å². The lowest BCUT2D eigenvalue weighted by molar-refractivity contribution is 0.393. The second-order valence-electron chi connectivity index (χ2n) is 5.45. The van der Waals surface area contributed by atoms with Gasteiger partial charge in [0, 0.05) is 6.04 Å². The molecule has 1 saturated carbocycles. The zero-order valence-electron chi connectivity index (χ0n) is 10.4. The van der Waals surface area contributed by atoms with Crippen molar-refractivity contribution in [1.82, 2.24) is 0 Å². The van der Waals surface area contributed by atoms with Crippen LogP contribution in [0.15, 0.2) is 24.3 Å². The van der Waals surface area contributed by atoms with Gasteiger partial charge in [-0.15, -0.1) is 0 Å². The lowest BCUT2D eigenvalue weighted by Crippen LogP contribution is -2.26. The van der Waals surface area contributed by atoms with Crippen molar-refractivity contribution < 1.29 is 0 Å². The first-order chi connectivity index (χ1) is 7.66. The third-order valence-electron chi connectivity index (χ3n) is 3.76. The maximum atomic E-state index is 6.06. The summed E-state index contributed by atoms with van der Waals surface area (Å²) in [4.78, 5) is 0. The molecular weight excluding hydrogens is 194 g/mol. The van der Waals surface area contributed by atoms with Crippen LogP contribution in [0.3, 0.4) is 0 Å². The summed E-state index contributed by atoms with van der Waals surface area (Å²) in [6, 6.07) is 9.50. The van der Waals surface area contributed by atoms with Crippen molar-refractivity contribution in [1.29, 1.82) is 0 Å². The Hall–Kier alpha value is -0.820. The molecule has 0 bridgehead atoms. The molecule has 1 aliphatic rings. The fraction of sp³-hybridized carbons (Fsp3) is 0.600. The van der Waals surface area contributed by atoms with E-state index in [2.05, 4.69) is 38.1 Å². The van der Waals surface area contributed by atoms with Gasteiger partial charge in [0.15, 0.2) is 0 Å². The number of rotatable bonds is 2. The van der Waals surface area contributed by atoms with Crippen LogP contribution in [-0.2, 0) is 0 Å². The Labute approximate surface area is 99.0 Å². The second kappa shape index (κ2) is 5.01. The second-order valence-corrected chi connectivity index (χ2v) is 5.45. The average Bonchev–Trinajstić information content (AvgIpc) is 2.29. The van der Waals surface area contributed by atoms with Gasteiger partial charge in [-0.1, -0.05) is 44.5 Å². The van der Waals surface area contributed by atoms with E-state index in [1.54, 1.807) is 0 Å². The van der Waals surface area contributed by atoms with E-state index in [1.165, 1.54) is 36.8 Å². The Morgan fingerprint density at radius 3 is 2.75 bits per heavy atom. The molecule has 0 saturated heterocycles. The van der Waals surface area contributed by atoms with Gasteiger partial charge in [0.2, 0.25) is 0 Å². The molecule has 0 amide bonds. The molecule has 1 aromatic carbocycles. The number of hydrogen-bond donors (Lipinski definition) is 1. The summed E-state index contributed by atoms with van der Waals surface area (Å²) < 4.78 is 0. The minimum Gasteiger partial charge on any atom is -0.328 e. The van der Waals surface area contributed by atoms with Gasteiger partial charge in [-0.05, 0) is 42.2 Å².